The fourth-order valence-corrected chi connectivity index (χ4v) is 7.12. The van der Waals surface area contributed by atoms with Crippen LogP contribution >= 0.6 is 22.7 Å². The van der Waals surface area contributed by atoms with E-state index in [1.54, 1.807) is 0 Å². The average molecular weight is 620 g/mol. The van der Waals surface area contributed by atoms with Gasteiger partial charge in [-0.05, 0) is 43.4 Å². The van der Waals surface area contributed by atoms with E-state index in [2.05, 4.69) is 22.4 Å². The van der Waals surface area contributed by atoms with Crippen LogP contribution in [-0.4, -0.2) is 43.7 Å². The second-order valence-electron chi connectivity index (χ2n) is 10.7. The Morgan fingerprint density at radius 2 is 1.55 bits per heavy atom. The Morgan fingerprint density at radius 1 is 0.886 bits per heavy atom. The van der Waals surface area contributed by atoms with Crippen LogP contribution in [0.3, 0.4) is 0 Å². The van der Waals surface area contributed by atoms with Crippen LogP contribution in [0.2, 0.25) is 0 Å². The smallest absolute Gasteiger partial charge is 0.274 e. The largest absolute Gasteiger partial charge is 0.349 e. The quantitative estimate of drug-likeness (QED) is 0.166. The zero-order valence-electron chi connectivity index (χ0n) is 24.6. The minimum atomic E-state index is -0.302. The predicted octanol–water partition coefficient (Wildman–Crippen LogP) is 7.21. The van der Waals surface area contributed by atoms with Crippen LogP contribution in [0.15, 0.2) is 103 Å². The van der Waals surface area contributed by atoms with Gasteiger partial charge in [-0.1, -0.05) is 91.0 Å². The van der Waals surface area contributed by atoms with Crippen molar-refractivity contribution in [3.05, 3.63) is 136 Å². The van der Waals surface area contributed by atoms with Crippen LogP contribution in [0.25, 0.3) is 15.4 Å². The summed E-state index contributed by atoms with van der Waals surface area (Å²) in [6, 6.07) is 29.9. The number of rotatable bonds is 11. The fraction of sp³-hybridized carbons (Fsp3) is 0.200. The summed E-state index contributed by atoms with van der Waals surface area (Å²) < 4.78 is 1.82. The highest BCUT2D eigenvalue weighted by Gasteiger charge is 2.30. The lowest BCUT2D eigenvalue weighted by molar-refractivity contribution is 0.0633. The van der Waals surface area contributed by atoms with Crippen molar-refractivity contribution in [2.75, 3.05) is 6.54 Å². The molecule has 1 atom stereocenters. The van der Waals surface area contributed by atoms with E-state index in [0.717, 1.165) is 32.4 Å². The molecular weight excluding hydrogens is 587 g/mol. The number of imidazole rings is 1. The van der Waals surface area contributed by atoms with Gasteiger partial charge < -0.3 is 10.2 Å². The number of aromatic nitrogens is 3. The van der Waals surface area contributed by atoms with Crippen molar-refractivity contribution in [2.24, 2.45) is 0 Å². The molecule has 0 aliphatic rings. The number of benzene rings is 3. The van der Waals surface area contributed by atoms with Crippen LogP contribution < -0.4 is 5.32 Å². The zero-order valence-corrected chi connectivity index (χ0v) is 26.3. The summed E-state index contributed by atoms with van der Waals surface area (Å²) in [4.78, 5) is 41.0. The molecular formula is C35H33N5O2S2. The van der Waals surface area contributed by atoms with Crippen LogP contribution in [0.4, 0.5) is 0 Å². The maximum atomic E-state index is 14.6. The SMILES string of the molecule is Cc1nc(C(=O)N(Cc2ccccc2)[C@H](CCc2ccccc2)CNC(=O)c2c(C)nc3sccn23)c(-c2ccccc2)s1. The first-order valence-corrected chi connectivity index (χ1v) is 16.3. The van der Waals surface area contributed by atoms with E-state index < -0.39 is 0 Å². The van der Waals surface area contributed by atoms with Gasteiger partial charge in [-0.15, -0.1) is 22.7 Å². The van der Waals surface area contributed by atoms with Gasteiger partial charge in [-0.2, -0.15) is 0 Å². The van der Waals surface area contributed by atoms with Gasteiger partial charge >= 0.3 is 0 Å². The molecule has 0 saturated carbocycles. The topological polar surface area (TPSA) is 79.6 Å². The summed E-state index contributed by atoms with van der Waals surface area (Å²) in [5.74, 6) is -0.357. The maximum absolute atomic E-state index is 14.6. The number of thiazole rings is 2. The first-order chi connectivity index (χ1) is 21.5. The minimum Gasteiger partial charge on any atom is -0.349 e. The van der Waals surface area contributed by atoms with Crippen molar-refractivity contribution < 1.29 is 9.59 Å². The molecule has 0 aliphatic heterocycles. The van der Waals surface area contributed by atoms with E-state index in [-0.39, 0.29) is 24.4 Å². The van der Waals surface area contributed by atoms with E-state index in [1.165, 1.54) is 28.2 Å². The molecule has 3 heterocycles. The Morgan fingerprint density at radius 3 is 2.25 bits per heavy atom. The molecule has 0 radical (unpaired) electrons. The fourth-order valence-electron chi connectivity index (χ4n) is 5.45. The third-order valence-electron chi connectivity index (χ3n) is 7.63. The number of carbonyl (C=O) groups is 2. The molecule has 9 heteroatoms. The second-order valence-corrected chi connectivity index (χ2v) is 12.8. The van der Waals surface area contributed by atoms with Crippen molar-refractivity contribution in [1.29, 1.82) is 0 Å². The summed E-state index contributed by atoms with van der Waals surface area (Å²) in [7, 11) is 0. The molecule has 7 nitrogen and oxygen atoms in total. The monoisotopic (exact) mass is 619 g/mol. The lowest BCUT2D eigenvalue weighted by atomic mass is 10.0. The predicted molar refractivity (Wildman–Crippen MR) is 177 cm³/mol. The first kappa shape index (κ1) is 29.5. The van der Waals surface area contributed by atoms with Crippen LogP contribution in [0.5, 0.6) is 0 Å². The number of nitrogens with zero attached hydrogens (tertiary/aromatic N) is 4. The maximum Gasteiger partial charge on any atom is 0.274 e. The van der Waals surface area contributed by atoms with E-state index in [1.807, 2.05) is 114 Å². The van der Waals surface area contributed by atoms with Gasteiger partial charge in [0.15, 0.2) is 4.96 Å². The van der Waals surface area contributed by atoms with Gasteiger partial charge in [0.1, 0.15) is 11.4 Å². The number of aryl methyl sites for hydroxylation is 3. The normalized spacial score (nSPS) is 11.9. The second kappa shape index (κ2) is 13.4. The highest BCUT2D eigenvalue weighted by atomic mass is 32.1. The summed E-state index contributed by atoms with van der Waals surface area (Å²) in [5.41, 5.74) is 4.79. The van der Waals surface area contributed by atoms with E-state index in [9.17, 15) is 9.59 Å². The van der Waals surface area contributed by atoms with Gasteiger partial charge in [0.25, 0.3) is 11.8 Å². The third-order valence-corrected chi connectivity index (χ3v) is 9.41. The lowest BCUT2D eigenvalue weighted by Gasteiger charge is -2.32. The van der Waals surface area contributed by atoms with Gasteiger partial charge in [0.2, 0.25) is 0 Å². The molecule has 222 valence electrons. The van der Waals surface area contributed by atoms with Gasteiger partial charge in [-0.3, -0.25) is 14.0 Å². The van der Waals surface area contributed by atoms with Crippen molar-refractivity contribution in [2.45, 2.75) is 39.3 Å². The summed E-state index contributed by atoms with van der Waals surface area (Å²) in [5, 5.41) is 5.91. The Hall–Kier alpha value is -4.60. The molecule has 0 bridgehead atoms. The molecule has 1 N–H and O–H groups in total. The Bertz CT molecular complexity index is 1860. The molecule has 2 amide bonds. The van der Waals surface area contributed by atoms with Gasteiger partial charge in [-0.25, -0.2) is 9.97 Å². The molecule has 0 unspecified atom stereocenters. The molecule has 3 aromatic carbocycles. The van der Waals surface area contributed by atoms with Crippen LogP contribution in [-0.2, 0) is 13.0 Å². The first-order valence-electron chi connectivity index (χ1n) is 14.6. The minimum absolute atomic E-state index is 0.148. The summed E-state index contributed by atoms with van der Waals surface area (Å²) in [6.45, 7) is 4.45. The molecule has 3 aromatic heterocycles. The molecule has 0 aliphatic carbocycles. The number of amides is 2. The Labute approximate surface area is 264 Å². The van der Waals surface area contributed by atoms with Crippen molar-refractivity contribution in [1.82, 2.24) is 24.6 Å². The number of hydrogen-bond acceptors (Lipinski definition) is 6. The highest BCUT2D eigenvalue weighted by Crippen LogP contribution is 2.32. The van der Waals surface area contributed by atoms with E-state index in [4.69, 9.17) is 4.98 Å². The van der Waals surface area contributed by atoms with E-state index in [0.29, 0.717) is 30.0 Å². The number of carbonyl (C=O) groups excluding carboxylic acids is 2. The zero-order chi connectivity index (χ0) is 30.5. The van der Waals surface area contributed by atoms with Crippen molar-refractivity contribution >= 4 is 39.4 Å². The van der Waals surface area contributed by atoms with Crippen molar-refractivity contribution in [3.63, 3.8) is 0 Å². The lowest BCUT2D eigenvalue weighted by Crippen LogP contribution is -2.47. The summed E-state index contributed by atoms with van der Waals surface area (Å²) in [6.07, 6.45) is 3.27. The average Bonchev–Trinajstić information content (AvgIpc) is 3.75. The highest BCUT2D eigenvalue weighted by molar-refractivity contribution is 7.15. The van der Waals surface area contributed by atoms with Crippen LogP contribution in [0, 0.1) is 13.8 Å². The molecule has 6 rings (SSSR count). The molecule has 0 spiro atoms. The molecule has 6 aromatic rings. The van der Waals surface area contributed by atoms with Gasteiger partial charge in [0, 0.05) is 24.7 Å². The summed E-state index contributed by atoms with van der Waals surface area (Å²) >= 11 is 3.02. The van der Waals surface area contributed by atoms with E-state index >= 15 is 0 Å². The standard InChI is InChI=1S/C35H33N5O2S2/c1-24-31(39-20-21-43-35(39)37-24)33(41)36-22-29(19-18-26-12-6-3-7-13-26)40(23-27-14-8-4-9-15-27)34(42)30-32(44-25(2)38-30)28-16-10-5-11-17-28/h3-17,20-21,29H,18-19,22-23H2,1-2H3,(H,36,41)/t29-/m1/s1. The molecule has 44 heavy (non-hydrogen) atoms. The van der Waals surface area contributed by atoms with Gasteiger partial charge in [0.05, 0.1) is 21.6 Å². The Kier molecular flexibility index (Phi) is 8.95. The molecule has 0 fully saturated rings. The number of hydrogen-bond donors (Lipinski definition) is 1. The molecule has 0 saturated heterocycles. The Balaban J connectivity index is 1.35. The van der Waals surface area contributed by atoms with Crippen molar-refractivity contribution in [3.8, 4) is 10.4 Å². The number of fused-ring (bicyclic) bond motifs is 1. The third kappa shape index (κ3) is 6.49. The number of nitrogens with one attached hydrogen (secondary N) is 1. The van der Waals surface area contributed by atoms with Crippen LogP contribution in [0.1, 0.15) is 49.2 Å².